The van der Waals surface area contributed by atoms with Gasteiger partial charge in [-0.3, -0.25) is 4.90 Å². The summed E-state index contributed by atoms with van der Waals surface area (Å²) in [7, 11) is 0. The van der Waals surface area contributed by atoms with E-state index in [2.05, 4.69) is 66.3 Å². The van der Waals surface area contributed by atoms with Crippen LogP contribution in [-0.4, -0.2) is 41.3 Å². The molecule has 0 bridgehead atoms. The molecule has 0 unspecified atom stereocenters. The standard InChI is InChI=1S/C19H19BrN4O/c20-16-6-4-5-15(13-16)19-22-21-18(25-19)14-23-9-11-24(12-10-23)17-7-2-1-3-8-17/h1-8,13H,9-12,14H2. The van der Waals surface area contributed by atoms with Gasteiger partial charge in [-0.1, -0.05) is 40.2 Å². The van der Waals surface area contributed by atoms with Gasteiger partial charge in [0.2, 0.25) is 11.8 Å². The first-order valence-corrected chi connectivity index (χ1v) is 9.18. The molecule has 0 N–H and O–H groups in total. The maximum absolute atomic E-state index is 5.84. The topological polar surface area (TPSA) is 45.4 Å². The highest BCUT2D eigenvalue weighted by Gasteiger charge is 2.19. The van der Waals surface area contributed by atoms with Crippen LogP contribution in [-0.2, 0) is 6.54 Å². The Hall–Kier alpha value is -2.18. The molecule has 128 valence electrons. The van der Waals surface area contributed by atoms with E-state index >= 15 is 0 Å². The minimum absolute atomic E-state index is 0.569. The second kappa shape index (κ2) is 7.37. The van der Waals surface area contributed by atoms with Crippen molar-refractivity contribution in [3.8, 4) is 11.5 Å². The zero-order valence-electron chi connectivity index (χ0n) is 13.8. The molecule has 5 nitrogen and oxygen atoms in total. The second-order valence-corrected chi connectivity index (χ2v) is 7.03. The largest absolute Gasteiger partial charge is 0.419 e. The van der Waals surface area contributed by atoms with Crippen LogP contribution in [0.5, 0.6) is 0 Å². The van der Waals surface area contributed by atoms with Gasteiger partial charge in [0.15, 0.2) is 0 Å². The van der Waals surface area contributed by atoms with Crippen LogP contribution in [0.25, 0.3) is 11.5 Å². The van der Waals surface area contributed by atoms with E-state index in [1.165, 1.54) is 5.69 Å². The van der Waals surface area contributed by atoms with Crippen molar-refractivity contribution in [2.45, 2.75) is 6.54 Å². The summed E-state index contributed by atoms with van der Waals surface area (Å²) in [6.07, 6.45) is 0. The Kier molecular flexibility index (Phi) is 4.81. The summed E-state index contributed by atoms with van der Waals surface area (Å²) in [6.45, 7) is 4.70. The fraction of sp³-hybridized carbons (Fsp3) is 0.263. The monoisotopic (exact) mass is 398 g/mol. The van der Waals surface area contributed by atoms with Crippen LogP contribution in [0.1, 0.15) is 5.89 Å². The lowest BCUT2D eigenvalue weighted by molar-refractivity contribution is 0.227. The molecule has 0 amide bonds. The molecular formula is C19H19BrN4O. The maximum Gasteiger partial charge on any atom is 0.247 e. The van der Waals surface area contributed by atoms with E-state index in [0.29, 0.717) is 18.3 Å². The molecule has 0 aliphatic carbocycles. The van der Waals surface area contributed by atoms with Gasteiger partial charge >= 0.3 is 0 Å². The Morgan fingerprint density at radius 1 is 0.920 bits per heavy atom. The molecule has 1 saturated heterocycles. The van der Waals surface area contributed by atoms with Crippen molar-refractivity contribution in [3.05, 3.63) is 65.0 Å². The van der Waals surface area contributed by atoms with E-state index < -0.39 is 0 Å². The molecule has 2 aromatic carbocycles. The van der Waals surface area contributed by atoms with Gasteiger partial charge in [-0.15, -0.1) is 10.2 Å². The normalized spacial score (nSPS) is 15.5. The molecule has 0 saturated carbocycles. The van der Waals surface area contributed by atoms with E-state index in [4.69, 9.17) is 4.42 Å². The number of piperazine rings is 1. The highest BCUT2D eigenvalue weighted by molar-refractivity contribution is 9.10. The minimum Gasteiger partial charge on any atom is -0.419 e. The fourth-order valence-electron chi connectivity index (χ4n) is 3.05. The summed E-state index contributed by atoms with van der Waals surface area (Å²) in [4.78, 5) is 4.77. The van der Waals surface area contributed by atoms with E-state index in [1.54, 1.807) is 0 Å². The lowest BCUT2D eigenvalue weighted by Crippen LogP contribution is -2.46. The molecule has 2 heterocycles. The van der Waals surface area contributed by atoms with Gasteiger partial charge in [0.1, 0.15) is 0 Å². The van der Waals surface area contributed by atoms with E-state index in [9.17, 15) is 0 Å². The van der Waals surface area contributed by atoms with Crippen molar-refractivity contribution in [2.75, 3.05) is 31.1 Å². The quantitative estimate of drug-likeness (QED) is 0.668. The van der Waals surface area contributed by atoms with Crippen LogP contribution in [0, 0.1) is 0 Å². The Morgan fingerprint density at radius 3 is 2.48 bits per heavy atom. The SMILES string of the molecule is Brc1cccc(-c2nnc(CN3CCN(c4ccccc4)CC3)o2)c1. The molecule has 6 heteroatoms. The number of hydrogen-bond acceptors (Lipinski definition) is 5. The van der Waals surface area contributed by atoms with Crippen molar-refractivity contribution in [1.82, 2.24) is 15.1 Å². The van der Waals surface area contributed by atoms with Gasteiger partial charge in [-0.05, 0) is 30.3 Å². The first-order chi connectivity index (χ1) is 12.3. The summed E-state index contributed by atoms with van der Waals surface area (Å²) in [5, 5.41) is 8.39. The number of nitrogens with zero attached hydrogens (tertiary/aromatic N) is 4. The Balaban J connectivity index is 1.36. The Labute approximate surface area is 155 Å². The van der Waals surface area contributed by atoms with E-state index in [0.717, 1.165) is 36.2 Å². The third kappa shape index (κ3) is 3.91. The third-order valence-electron chi connectivity index (χ3n) is 4.39. The lowest BCUT2D eigenvalue weighted by atomic mass is 10.2. The first kappa shape index (κ1) is 16.3. The van der Waals surface area contributed by atoms with E-state index in [1.807, 2.05) is 24.3 Å². The van der Waals surface area contributed by atoms with Crippen LogP contribution < -0.4 is 4.90 Å². The fourth-order valence-corrected chi connectivity index (χ4v) is 3.45. The number of rotatable bonds is 4. The number of anilines is 1. The number of aromatic nitrogens is 2. The van der Waals surface area contributed by atoms with Crippen LogP contribution in [0.3, 0.4) is 0 Å². The highest BCUT2D eigenvalue weighted by Crippen LogP contribution is 2.22. The zero-order valence-corrected chi connectivity index (χ0v) is 15.4. The van der Waals surface area contributed by atoms with Crippen molar-refractivity contribution >= 4 is 21.6 Å². The minimum atomic E-state index is 0.569. The van der Waals surface area contributed by atoms with E-state index in [-0.39, 0.29) is 0 Å². The molecule has 1 fully saturated rings. The van der Waals surface area contributed by atoms with Gasteiger partial charge < -0.3 is 9.32 Å². The van der Waals surface area contributed by atoms with Crippen LogP contribution in [0.2, 0.25) is 0 Å². The molecule has 0 spiro atoms. The van der Waals surface area contributed by atoms with Crippen molar-refractivity contribution in [1.29, 1.82) is 0 Å². The zero-order chi connectivity index (χ0) is 17.1. The van der Waals surface area contributed by atoms with Crippen molar-refractivity contribution < 1.29 is 4.42 Å². The van der Waals surface area contributed by atoms with Gasteiger partial charge in [0.05, 0.1) is 6.54 Å². The highest BCUT2D eigenvalue weighted by atomic mass is 79.9. The summed E-state index contributed by atoms with van der Waals surface area (Å²) in [5.74, 6) is 1.24. The van der Waals surface area contributed by atoms with Gasteiger partial charge in [0, 0.05) is 41.9 Å². The van der Waals surface area contributed by atoms with Gasteiger partial charge in [0.25, 0.3) is 0 Å². The summed E-state index contributed by atoms with van der Waals surface area (Å²) in [6, 6.07) is 18.5. The molecule has 1 aliphatic rings. The van der Waals surface area contributed by atoms with Crippen molar-refractivity contribution in [3.63, 3.8) is 0 Å². The number of hydrogen-bond donors (Lipinski definition) is 0. The predicted octanol–water partition coefficient (Wildman–Crippen LogP) is 3.82. The average Bonchev–Trinajstić information content (AvgIpc) is 3.12. The molecule has 3 aromatic rings. The molecule has 0 radical (unpaired) electrons. The third-order valence-corrected chi connectivity index (χ3v) is 4.88. The van der Waals surface area contributed by atoms with Gasteiger partial charge in [-0.25, -0.2) is 0 Å². The van der Waals surface area contributed by atoms with Crippen LogP contribution >= 0.6 is 15.9 Å². The summed E-state index contributed by atoms with van der Waals surface area (Å²) < 4.78 is 6.84. The van der Waals surface area contributed by atoms with Crippen LogP contribution in [0.15, 0.2) is 63.5 Å². The smallest absolute Gasteiger partial charge is 0.247 e. The number of halogens is 1. The average molecular weight is 399 g/mol. The molecule has 1 aromatic heterocycles. The molecule has 4 rings (SSSR count). The van der Waals surface area contributed by atoms with Crippen molar-refractivity contribution in [2.24, 2.45) is 0 Å². The second-order valence-electron chi connectivity index (χ2n) is 6.11. The lowest BCUT2D eigenvalue weighted by Gasteiger charge is -2.35. The maximum atomic E-state index is 5.84. The van der Waals surface area contributed by atoms with Crippen LogP contribution in [0.4, 0.5) is 5.69 Å². The Morgan fingerprint density at radius 2 is 1.72 bits per heavy atom. The summed E-state index contributed by atoms with van der Waals surface area (Å²) in [5.41, 5.74) is 2.22. The molecule has 1 aliphatic heterocycles. The first-order valence-electron chi connectivity index (χ1n) is 8.38. The molecular weight excluding hydrogens is 380 g/mol. The molecule has 0 atom stereocenters. The summed E-state index contributed by atoms with van der Waals surface area (Å²) >= 11 is 3.47. The molecule has 25 heavy (non-hydrogen) atoms. The Bertz CT molecular complexity index is 828. The number of benzene rings is 2. The van der Waals surface area contributed by atoms with Gasteiger partial charge in [-0.2, -0.15) is 0 Å². The predicted molar refractivity (Wildman–Crippen MR) is 101 cm³/mol. The number of para-hydroxylation sites is 1.